The molecule has 0 heterocycles. The van der Waals surface area contributed by atoms with Gasteiger partial charge in [-0.2, -0.15) is 0 Å². The zero-order valence-corrected chi connectivity index (χ0v) is 22.0. The van der Waals surface area contributed by atoms with Crippen molar-refractivity contribution in [2.75, 3.05) is 0 Å². The van der Waals surface area contributed by atoms with Crippen molar-refractivity contribution in [2.45, 2.75) is 72.4 Å². The Morgan fingerprint density at radius 2 is 1.31 bits per heavy atom. The second-order valence-corrected chi connectivity index (χ2v) is 10.4. The molecule has 0 saturated carbocycles. The van der Waals surface area contributed by atoms with Gasteiger partial charge in [0.05, 0.1) is 6.54 Å². The summed E-state index contributed by atoms with van der Waals surface area (Å²) < 4.78 is 10.5. The Kier molecular flexibility index (Phi) is 10.1. The average Bonchev–Trinajstić information content (AvgIpc) is 2.71. The summed E-state index contributed by atoms with van der Waals surface area (Å²) in [6.07, 6.45) is -1.46. The molecule has 0 fully saturated rings. The average molecular weight is 503 g/mol. The van der Waals surface area contributed by atoms with Crippen LogP contribution >= 0.6 is 11.6 Å². The van der Waals surface area contributed by atoms with Gasteiger partial charge in [-0.25, -0.2) is 14.6 Å². The standard InChI is InChI=1S/C26H35ClN4O4/c1-25(2,3)34-23(32)30-22(31-24(33)35-26(4,5)6)29-17-20-9-7-8-19(14-20)16-28-15-18-10-12-21(27)13-11-18/h7-14,28H,15-17H2,1-6H3,(H2,29,30,31,32,33). The first-order chi connectivity index (χ1) is 16.3. The van der Waals surface area contributed by atoms with E-state index in [1.807, 2.05) is 48.5 Å². The van der Waals surface area contributed by atoms with Crippen molar-refractivity contribution in [3.8, 4) is 0 Å². The fraction of sp³-hybridized carbons (Fsp3) is 0.423. The lowest BCUT2D eigenvalue weighted by molar-refractivity contribution is 0.0545. The van der Waals surface area contributed by atoms with Crippen LogP contribution in [0.25, 0.3) is 0 Å². The zero-order chi connectivity index (χ0) is 26.1. The molecule has 0 spiro atoms. The van der Waals surface area contributed by atoms with Gasteiger partial charge in [0.2, 0.25) is 5.96 Å². The van der Waals surface area contributed by atoms with E-state index in [1.54, 1.807) is 41.5 Å². The highest BCUT2D eigenvalue weighted by atomic mass is 35.5. The molecule has 2 aromatic carbocycles. The number of nitrogens with zero attached hydrogens (tertiary/aromatic N) is 1. The summed E-state index contributed by atoms with van der Waals surface area (Å²) in [6.45, 7) is 12.1. The van der Waals surface area contributed by atoms with Gasteiger partial charge in [-0.3, -0.25) is 10.6 Å². The molecule has 0 atom stereocenters. The van der Waals surface area contributed by atoms with Crippen LogP contribution in [0, 0.1) is 0 Å². The van der Waals surface area contributed by atoms with Crippen LogP contribution < -0.4 is 16.0 Å². The molecule has 190 valence electrons. The van der Waals surface area contributed by atoms with Crippen molar-refractivity contribution in [1.29, 1.82) is 0 Å². The van der Waals surface area contributed by atoms with E-state index in [0.717, 1.165) is 16.7 Å². The molecule has 3 N–H and O–H groups in total. The molecule has 0 aliphatic heterocycles. The number of amides is 2. The van der Waals surface area contributed by atoms with Crippen molar-refractivity contribution in [3.05, 3.63) is 70.2 Å². The van der Waals surface area contributed by atoms with Gasteiger partial charge in [-0.1, -0.05) is 48.0 Å². The van der Waals surface area contributed by atoms with Gasteiger partial charge in [0.15, 0.2) is 0 Å². The Morgan fingerprint density at radius 3 is 1.86 bits per heavy atom. The minimum absolute atomic E-state index is 0.0558. The summed E-state index contributed by atoms with van der Waals surface area (Å²) in [4.78, 5) is 28.8. The Balaban J connectivity index is 2.03. The normalized spacial score (nSPS) is 11.4. The number of aliphatic imine (C=N–C) groups is 1. The van der Waals surface area contributed by atoms with Crippen molar-refractivity contribution in [1.82, 2.24) is 16.0 Å². The number of nitrogens with one attached hydrogen (secondary N) is 3. The van der Waals surface area contributed by atoms with Crippen LogP contribution in [-0.2, 0) is 29.1 Å². The van der Waals surface area contributed by atoms with E-state index in [2.05, 4.69) is 20.9 Å². The van der Waals surface area contributed by atoms with E-state index in [0.29, 0.717) is 18.1 Å². The molecule has 9 heteroatoms. The van der Waals surface area contributed by atoms with E-state index < -0.39 is 23.4 Å². The summed E-state index contributed by atoms with van der Waals surface area (Å²) in [7, 11) is 0. The van der Waals surface area contributed by atoms with Gasteiger partial charge in [0, 0.05) is 18.1 Å². The molecule has 2 amide bonds. The van der Waals surface area contributed by atoms with E-state index >= 15 is 0 Å². The molecular weight excluding hydrogens is 468 g/mol. The number of carbonyl (C=O) groups is 2. The summed E-state index contributed by atoms with van der Waals surface area (Å²) in [5.41, 5.74) is 1.73. The number of benzene rings is 2. The predicted octanol–water partition coefficient (Wildman–Crippen LogP) is 5.54. The smallest absolute Gasteiger partial charge is 0.414 e. The Morgan fingerprint density at radius 1 is 0.800 bits per heavy atom. The molecule has 2 aromatic rings. The predicted molar refractivity (Wildman–Crippen MR) is 138 cm³/mol. The van der Waals surface area contributed by atoms with Crippen LogP contribution in [0.2, 0.25) is 5.02 Å². The number of hydrogen-bond donors (Lipinski definition) is 3. The first-order valence-corrected chi connectivity index (χ1v) is 11.7. The topological polar surface area (TPSA) is 101 Å². The number of alkyl carbamates (subject to hydrolysis) is 2. The van der Waals surface area contributed by atoms with Crippen LogP contribution in [0.15, 0.2) is 53.5 Å². The molecule has 0 bridgehead atoms. The Labute approximate surface area is 212 Å². The molecule has 35 heavy (non-hydrogen) atoms. The SMILES string of the molecule is CC(C)(C)OC(=O)NC(=NCc1cccc(CNCc2ccc(Cl)cc2)c1)NC(=O)OC(C)(C)C. The van der Waals surface area contributed by atoms with E-state index in [9.17, 15) is 9.59 Å². The Hall–Kier alpha value is -3.10. The largest absolute Gasteiger partial charge is 0.444 e. The highest BCUT2D eigenvalue weighted by molar-refractivity contribution is 6.30. The fourth-order valence-corrected chi connectivity index (χ4v) is 3.00. The van der Waals surface area contributed by atoms with E-state index in [1.165, 1.54) is 0 Å². The number of hydrogen-bond acceptors (Lipinski definition) is 6. The summed E-state index contributed by atoms with van der Waals surface area (Å²) in [6, 6.07) is 15.6. The molecule has 0 aliphatic rings. The first kappa shape index (κ1) is 28.1. The van der Waals surface area contributed by atoms with Crippen LogP contribution in [0.5, 0.6) is 0 Å². The number of guanidine groups is 1. The van der Waals surface area contributed by atoms with Crippen LogP contribution in [0.4, 0.5) is 9.59 Å². The van der Waals surface area contributed by atoms with Crippen LogP contribution in [-0.4, -0.2) is 29.3 Å². The number of carbonyl (C=O) groups excluding carboxylic acids is 2. The number of ether oxygens (including phenoxy) is 2. The highest BCUT2D eigenvalue weighted by Gasteiger charge is 2.21. The summed E-state index contributed by atoms with van der Waals surface area (Å²) in [5.74, 6) is -0.0558. The van der Waals surface area contributed by atoms with Crippen molar-refractivity contribution in [2.24, 2.45) is 4.99 Å². The molecular formula is C26H35ClN4O4. The minimum atomic E-state index is -0.729. The van der Waals surface area contributed by atoms with Gasteiger partial charge >= 0.3 is 12.2 Å². The summed E-state index contributed by atoms with van der Waals surface area (Å²) in [5, 5.41) is 9.08. The van der Waals surface area contributed by atoms with Crippen molar-refractivity contribution < 1.29 is 19.1 Å². The third kappa shape index (κ3) is 12.2. The lowest BCUT2D eigenvalue weighted by Crippen LogP contribution is -2.47. The quantitative estimate of drug-likeness (QED) is 0.356. The van der Waals surface area contributed by atoms with E-state index in [4.69, 9.17) is 21.1 Å². The summed E-state index contributed by atoms with van der Waals surface area (Å²) >= 11 is 5.93. The lowest BCUT2D eigenvalue weighted by atomic mass is 10.1. The Bertz CT molecular complexity index is 993. The van der Waals surface area contributed by atoms with Crippen molar-refractivity contribution >= 4 is 29.7 Å². The maximum absolute atomic E-state index is 12.2. The van der Waals surface area contributed by atoms with Crippen LogP contribution in [0.1, 0.15) is 58.2 Å². The third-order valence-electron chi connectivity index (χ3n) is 4.22. The molecule has 0 unspecified atom stereocenters. The van der Waals surface area contributed by atoms with Gasteiger partial charge in [0.1, 0.15) is 11.2 Å². The first-order valence-electron chi connectivity index (χ1n) is 11.4. The number of rotatable bonds is 6. The molecule has 0 aromatic heterocycles. The monoisotopic (exact) mass is 502 g/mol. The third-order valence-corrected chi connectivity index (χ3v) is 4.47. The molecule has 2 rings (SSSR count). The van der Waals surface area contributed by atoms with Gasteiger partial charge in [-0.05, 0) is 70.4 Å². The maximum Gasteiger partial charge on any atom is 0.414 e. The molecule has 0 radical (unpaired) electrons. The molecule has 0 aliphatic carbocycles. The van der Waals surface area contributed by atoms with Gasteiger partial charge in [-0.15, -0.1) is 0 Å². The number of halogens is 1. The maximum atomic E-state index is 12.2. The second-order valence-electron chi connectivity index (χ2n) is 9.97. The molecule has 0 saturated heterocycles. The lowest BCUT2D eigenvalue weighted by Gasteiger charge is -2.22. The molecule has 8 nitrogen and oxygen atoms in total. The highest BCUT2D eigenvalue weighted by Crippen LogP contribution is 2.11. The van der Waals surface area contributed by atoms with E-state index in [-0.39, 0.29) is 12.5 Å². The van der Waals surface area contributed by atoms with Gasteiger partial charge in [0.25, 0.3) is 0 Å². The second kappa shape index (κ2) is 12.6. The van der Waals surface area contributed by atoms with Gasteiger partial charge < -0.3 is 14.8 Å². The zero-order valence-electron chi connectivity index (χ0n) is 21.2. The minimum Gasteiger partial charge on any atom is -0.444 e. The van der Waals surface area contributed by atoms with Crippen molar-refractivity contribution in [3.63, 3.8) is 0 Å². The fourth-order valence-electron chi connectivity index (χ4n) is 2.87. The van der Waals surface area contributed by atoms with Crippen LogP contribution in [0.3, 0.4) is 0 Å².